The summed E-state index contributed by atoms with van der Waals surface area (Å²) in [5.41, 5.74) is 12.3. The molecule has 0 saturated heterocycles. The van der Waals surface area contributed by atoms with Crippen LogP contribution in [-0.4, -0.2) is 0 Å². The van der Waals surface area contributed by atoms with E-state index >= 15 is 0 Å². The first kappa shape index (κ1) is 25.6. The van der Waals surface area contributed by atoms with Crippen LogP contribution in [0.4, 0.5) is 0 Å². The van der Waals surface area contributed by atoms with Crippen molar-refractivity contribution in [3.8, 4) is 33.4 Å². The average Bonchev–Trinajstić information content (AvgIpc) is 3.59. The van der Waals surface area contributed by atoms with Crippen LogP contribution in [0.3, 0.4) is 0 Å². The van der Waals surface area contributed by atoms with Crippen LogP contribution in [0, 0.1) is 0 Å². The predicted molar refractivity (Wildman–Crippen MR) is 195 cm³/mol. The number of benzene rings is 8. The van der Waals surface area contributed by atoms with Crippen molar-refractivity contribution in [2.75, 3.05) is 0 Å². The van der Waals surface area contributed by atoms with E-state index in [-0.39, 0.29) is 5.41 Å². The fourth-order valence-corrected chi connectivity index (χ4v) is 8.47. The average molecular weight is 587 g/mol. The van der Waals surface area contributed by atoms with Crippen LogP contribution < -0.4 is 0 Å². The molecule has 0 unspecified atom stereocenters. The van der Waals surface area contributed by atoms with Crippen LogP contribution in [-0.2, 0) is 5.41 Å². The Balaban J connectivity index is 1.31. The Morgan fingerprint density at radius 3 is 1.76 bits per heavy atom. The second kappa shape index (κ2) is 9.19. The number of fused-ring (bicyclic) bond motifs is 10. The minimum absolute atomic E-state index is 0.115. The lowest BCUT2D eigenvalue weighted by molar-refractivity contribution is 0.666. The second-order valence-corrected chi connectivity index (χ2v) is 13.2. The molecule has 0 aliphatic heterocycles. The van der Waals surface area contributed by atoms with Crippen molar-refractivity contribution in [3.63, 3.8) is 0 Å². The van der Waals surface area contributed by atoms with Gasteiger partial charge >= 0.3 is 0 Å². The molecule has 0 atom stereocenters. The van der Waals surface area contributed by atoms with Gasteiger partial charge in [0, 0.05) is 16.2 Å². The molecule has 0 saturated carbocycles. The van der Waals surface area contributed by atoms with E-state index < -0.39 is 0 Å². The molecule has 0 radical (unpaired) electrons. The van der Waals surface area contributed by atoms with E-state index in [0.717, 1.165) is 21.9 Å². The van der Waals surface area contributed by atoms with Gasteiger partial charge in [-0.15, -0.1) is 0 Å². The molecule has 0 bridgehead atoms. The van der Waals surface area contributed by atoms with Gasteiger partial charge in [0.25, 0.3) is 0 Å². The fourth-order valence-electron chi connectivity index (χ4n) is 8.47. The zero-order chi connectivity index (χ0) is 30.6. The van der Waals surface area contributed by atoms with E-state index in [1.54, 1.807) is 0 Å². The molecule has 1 aliphatic carbocycles. The molecule has 9 aromatic rings. The highest BCUT2D eigenvalue weighted by Crippen LogP contribution is 2.56. The lowest BCUT2D eigenvalue weighted by atomic mass is 9.79. The molecule has 1 aliphatic rings. The molecule has 0 fully saturated rings. The third kappa shape index (κ3) is 3.35. The van der Waals surface area contributed by atoms with Crippen molar-refractivity contribution in [2.45, 2.75) is 19.3 Å². The molecule has 0 N–H and O–H groups in total. The van der Waals surface area contributed by atoms with Crippen LogP contribution in [0.5, 0.6) is 0 Å². The minimum Gasteiger partial charge on any atom is -0.456 e. The van der Waals surface area contributed by atoms with E-state index in [0.29, 0.717) is 0 Å². The van der Waals surface area contributed by atoms with Gasteiger partial charge in [-0.2, -0.15) is 0 Å². The third-order valence-electron chi connectivity index (χ3n) is 10.4. The maximum absolute atomic E-state index is 6.21. The SMILES string of the molecule is CC1(C)c2cccc(-c3c4ccccc4c(-c4ccc5oc6ccccc6c5c4)c4ccccc34)c2-c2ccc3ccccc3c21. The lowest BCUT2D eigenvalue weighted by Crippen LogP contribution is -2.15. The molecule has 1 aromatic heterocycles. The molecule has 1 heterocycles. The number of hydrogen-bond acceptors (Lipinski definition) is 1. The largest absolute Gasteiger partial charge is 0.456 e. The van der Waals surface area contributed by atoms with Gasteiger partial charge in [0.2, 0.25) is 0 Å². The zero-order valence-electron chi connectivity index (χ0n) is 25.8. The Hall–Kier alpha value is -5.66. The summed E-state index contributed by atoms with van der Waals surface area (Å²) < 4.78 is 6.21. The minimum atomic E-state index is -0.115. The monoisotopic (exact) mass is 586 g/mol. The molecule has 216 valence electrons. The summed E-state index contributed by atoms with van der Waals surface area (Å²) in [5.74, 6) is 0. The van der Waals surface area contributed by atoms with Gasteiger partial charge in [-0.05, 0) is 95.0 Å². The van der Waals surface area contributed by atoms with Crippen LogP contribution in [0.25, 0.3) is 87.6 Å². The van der Waals surface area contributed by atoms with E-state index in [2.05, 4.69) is 153 Å². The first-order chi connectivity index (χ1) is 22.6. The van der Waals surface area contributed by atoms with Crippen molar-refractivity contribution in [1.82, 2.24) is 0 Å². The summed E-state index contributed by atoms with van der Waals surface area (Å²) in [6.45, 7) is 4.78. The van der Waals surface area contributed by atoms with Crippen molar-refractivity contribution >= 4 is 54.3 Å². The third-order valence-corrected chi connectivity index (χ3v) is 10.4. The standard InChI is InChI=1S/C45H30O/c1-45(2)38-20-11-19-35(43(38)36-24-22-27-12-3-4-13-29(27)44(36)45)42-33-17-7-5-15-31(33)41(32-16-6-8-18-34(32)42)28-23-25-40-37(26-28)30-14-9-10-21-39(30)46-40/h3-26H,1-2H3. The summed E-state index contributed by atoms with van der Waals surface area (Å²) in [4.78, 5) is 0. The summed E-state index contributed by atoms with van der Waals surface area (Å²) in [5, 5.41) is 10.0. The Morgan fingerprint density at radius 1 is 0.413 bits per heavy atom. The maximum atomic E-state index is 6.21. The number of rotatable bonds is 2. The van der Waals surface area contributed by atoms with Crippen LogP contribution >= 0.6 is 0 Å². The Kier molecular flexibility index (Phi) is 5.12. The number of furan rings is 1. The number of hydrogen-bond donors (Lipinski definition) is 0. The molecular weight excluding hydrogens is 556 g/mol. The van der Waals surface area contributed by atoms with Gasteiger partial charge in [-0.25, -0.2) is 0 Å². The molecule has 46 heavy (non-hydrogen) atoms. The summed E-state index contributed by atoms with van der Waals surface area (Å²) in [6, 6.07) is 53.4. The Bertz CT molecular complexity index is 2660. The molecule has 0 amide bonds. The van der Waals surface area contributed by atoms with Gasteiger partial charge < -0.3 is 4.42 Å². The van der Waals surface area contributed by atoms with Crippen molar-refractivity contribution in [2.24, 2.45) is 0 Å². The fraction of sp³-hybridized carbons (Fsp3) is 0.0667. The lowest BCUT2D eigenvalue weighted by Gasteiger charge is -2.23. The summed E-state index contributed by atoms with van der Waals surface area (Å²) in [6.07, 6.45) is 0. The van der Waals surface area contributed by atoms with Gasteiger partial charge in [-0.3, -0.25) is 0 Å². The Morgan fingerprint density at radius 2 is 1.02 bits per heavy atom. The topological polar surface area (TPSA) is 13.1 Å². The molecular formula is C45H30O. The van der Waals surface area contributed by atoms with Gasteiger partial charge in [0.05, 0.1) is 0 Å². The summed E-state index contributed by atoms with van der Waals surface area (Å²) in [7, 11) is 0. The van der Waals surface area contributed by atoms with E-state index in [1.165, 1.54) is 76.8 Å². The van der Waals surface area contributed by atoms with Crippen LogP contribution in [0.1, 0.15) is 25.0 Å². The molecule has 8 aromatic carbocycles. The van der Waals surface area contributed by atoms with E-state index in [9.17, 15) is 0 Å². The summed E-state index contributed by atoms with van der Waals surface area (Å²) >= 11 is 0. The van der Waals surface area contributed by atoms with Crippen molar-refractivity contribution in [1.29, 1.82) is 0 Å². The van der Waals surface area contributed by atoms with E-state index in [4.69, 9.17) is 4.42 Å². The highest BCUT2D eigenvalue weighted by Gasteiger charge is 2.38. The first-order valence-electron chi connectivity index (χ1n) is 16.1. The zero-order valence-corrected chi connectivity index (χ0v) is 25.8. The first-order valence-corrected chi connectivity index (χ1v) is 16.1. The predicted octanol–water partition coefficient (Wildman–Crippen LogP) is 12.7. The molecule has 1 heteroatoms. The number of para-hydroxylation sites is 1. The van der Waals surface area contributed by atoms with Crippen molar-refractivity contribution < 1.29 is 4.42 Å². The highest BCUT2D eigenvalue weighted by atomic mass is 16.3. The highest BCUT2D eigenvalue weighted by molar-refractivity contribution is 6.23. The van der Waals surface area contributed by atoms with Gasteiger partial charge in [0.15, 0.2) is 0 Å². The van der Waals surface area contributed by atoms with Crippen LogP contribution in [0.15, 0.2) is 150 Å². The molecule has 0 spiro atoms. The van der Waals surface area contributed by atoms with Gasteiger partial charge in [0.1, 0.15) is 11.2 Å². The normalized spacial score (nSPS) is 13.6. The quantitative estimate of drug-likeness (QED) is 0.184. The smallest absolute Gasteiger partial charge is 0.135 e. The molecule has 10 rings (SSSR count). The Labute approximate surface area is 267 Å². The van der Waals surface area contributed by atoms with Crippen LogP contribution in [0.2, 0.25) is 0 Å². The second-order valence-electron chi connectivity index (χ2n) is 13.2. The van der Waals surface area contributed by atoms with Gasteiger partial charge in [-0.1, -0.05) is 141 Å². The molecule has 1 nitrogen and oxygen atoms in total. The van der Waals surface area contributed by atoms with Crippen molar-refractivity contribution in [3.05, 3.63) is 157 Å². The van der Waals surface area contributed by atoms with E-state index in [1.807, 2.05) is 6.07 Å². The maximum Gasteiger partial charge on any atom is 0.135 e.